The minimum absolute atomic E-state index is 0.120. The second kappa shape index (κ2) is 6.87. The van der Waals surface area contributed by atoms with Gasteiger partial charge in [-0.25, -0.2) is 14.8 Å². The van der Waals surface area contributed by atoms with E-state index in [-0.39, 0.29) is 11.8 Å². The van der Waals surface area contributed by atoms with Crippen molar-refractivity contribution in [2.45, 2.75) is 38.1 Å². The molecule has 7 heteroatoms. The Balaban J connectivity index is 1.75. The summed E-state index contributed by atoms with van der Waals surface area (Å²) in [5.74, 6) is 0.200. The van der Waals surface area contributed by atoms with Crippen molar-refractivity contribution in [3.63, 3.8) is 0 Å². The van der Waals surface area contributed by atoms with Crippen LogP contribution in [-0.4, -0.2) is 27.2 Å². The number of anilines is 1. The van der Waals surface area contributed by atoms with Crippen molar-refractivity contribution in [2.24, 2.45) is 5.73 Å². The molecule has 0 spiro atoms. The molecule has 1 fully saturated rings. The van der Waals surface area contributed by atoms with Crippen LogP contribution in [0.15, 0.2) is 29.6 Å². The molecule has 0 unspecified atom stereocenters. The number of nitrogens with one attached hydrogen (secondary N) is 1. The first-order valence-corrected chi connectivity index (χ1v) is 8.62. The summed E-state index contributed by atoms with van der Waals surface area (Å²) >= 11 is 1.41. The number of phenols is 1. The van der Waals surface area contributed by atoms with Crippen LogP contribution in [0, 0.1) is 0 Å². The fraction of sp³-hybridized carbons (Fsp3) is 0.375. The average Bonchev–Trinajstić information content (AvgIpc) is 3.02. The van der Waals surface area contributed by atoms with Crippen molar-refractivity contribution in [3.8, 4) is 17.0 Å². The third kappa shape index (κ3) is 3.73. The van der Waals surface area contributed by atoms with Crippen LogP contribution in [0.3, 0.4) is 0 Å². The second-order valence-corrected chi connectivity index (χ2v) is 6.56. The lowest BCUT2D eigenvalue weighted by atomic mass is 9.95. The number of amides is 2. The Labute approximate surface area is 138 Å². The zero-order valence-electron chi connectivity index (χ0n) is 12.7. The second-order valence-electron chi connectivity index (χ2n) is 5.70. The number of benzene rings is 1. The fourth-order valence-corrected chi connectivity index (χ4v) is 3.61. The molecule has 122 valence electrons. The van der Waals surface area contributed by atoms with Gasteiger partial charge >= 0.3 is 6.03 Å². The molecule has 1 heterocycles. The van der Waals surface area contributed by atoms with Gasteiger partial charge in [-0.05, 0) is 25.0 Å². The van der Waals surface area contributed by atoms with Gasteiger partial charge in [0.1, 0.15) is 5.75 Å². The van der Waals surface area contributed by atoms with Gasteiger partial charge in [-0.1, -0.05) is 31.4 Å². The lowest BCUT2D eigenvalue weighted by Gasteiger charge is -2.32. The molecule has 6 nitrogen and oxygen atoms in total. The summed E-state index contributed by atoms with van der Waals surface area (Å²) in [6, 6.07) is 6.57. The maximum Gasteiger partial charge on any atom is 0.333 e. The molecule has 0 aliphatic heterocycles. The number of urea groups is 1. The van der Waals surface area contributed by atoms with Gasteiger partial charge in [0.15, 0.2) is 0 Å². The molecule has 2 aromatic rings. The first-order valence-electron chi connectivity index (χ1n) is 7.74. The third-order valence-electron chi connectivity index (χ3n) is 4.04. The maximum absolute atomic E-state index is 11.8. The van der Waals surface area contributed by atoms with Crippen molar-refractivity contribution in [1.82, 2.24) is 9.99 Å². The van der Waals surface area contributed by atoms with E-state index in [0.29, 0.717) is 5.13 Å². The van der Waals surface area contributed by atoms with Crippen LogP contribution in [-0.2, 0) is 0 Å². The molecule has 0 saturated heterocycles. The molecule has 2 amide bonds. The SMILES string of the molecule is NC(=O)N(Nc1nc(-c2cccc(O)c2)cs1)C1CCCCC1. The number of hydrogen-bond donors (Lipinski definition) is 3. The van der Waals surface area contributed by atoms with E-state index in [9.17, 15) is 9.90 Å². The molecule has 0 radical (unpaired) electrons. The van der Waals surface area contributed by atoms with Gasteiger partial charge in [0.25, 0.3) is 0 Å². The zero-order valence-corrected chi connectivity index (χ0v) is 13.6. The molecule has 4 N–H and O–H groups in total. The van der Waals surface area contributed by atoms with Crippen LogP contribution in [0.2, 0.25) is 0 Å². The van der Waals surface area contributed by atoms with E-state index in [0.717, 1.165) is 36.9 Å². The van der Waals surface area contributed by atoms with Crippen molar-refractivity contribution < 1.29 is 9.90 Å². The number of nitrogens with two attached hydrogens (primary N) is 1. The van der Waals surface area contributed by atoms with Gasteiger partial charge in [-0.3, -0.25) is 5.43 Å². The highest BCUT2D eigenvalue weighted by molar-refractivity contribution is 7.14. The number of thiazole rings is 1. The Kier molecular flexibility index (Phi) is 4.66. The number of carbonyl (C=O) groups is 1. The smallest absolute Gasteiger partial charge is 0.333 e. The minimum Gasteiger partial charge on any atom is -0.508 e. The van der Waals surface area contributed by atoms with E-state index < -0.39 is 6.03 Å². The number of aromatic hydroxyl groups is 1. The van der Waals surface area contributed by atoms with Crippen LogP contribution in [0.5, 0.6) is 5.75 Å². The van der Waals surface area contributed by atoms with E-state index in [1.54, 1.807) is 18.2 Å². The van der Waals surface area contributed by atoms with Crippen molar-refractivity contribution in [3.05, 3.63) is 29.6 Å². The summed E-state index contributed by atoms with van der Waals surface area (Å²) in [4.78, 5) is 16.2. The number of phenolic OH excluding ortho intramolecular Hbond substituents is 1. The predicted octanol–water partition coefficient (Wildman–Crippen LogP) is 3.56. The predicted molar refractivity (Wildman–Crippen MR) is 91.1 cm³/mol. The highest BCUT2D eigenvalue weighted by atomic mass is 32.1. The maximum atomic E-state index is 11.8. The summed E-state index contributed by atoms with van der Waals surface area (Å²) in [5, 5.41) is 13.6. The number of primary amides is 1. The highest BCUT2D eigenvalue weighted by Crippen LogP contribution is 2.29. The summed E-state index contributed by atoms with van der Waals surface area (Å²) in [5.41, 5.74) is 10.2. The standard InChI is InChI=1S/C16H20N4O2S/c17-15(22)20(12-6-2-1-3-7-12)19-16-18-14(10-23-16)11-5-4-8-13(21)9-11/h4-5,8-10,12,21H,1-3,6-7H2,(H2,17,22)(H,18,19). The van der Waals surface area contributed by atoms with Crippen molar-refractivity contribution in [1.29, 1.82) is 0 Å². The van der Waals surface area contributed by atoms with E-state index in [1.165, 1.54) is 22.8 Å². The van der Waals surface area contributed by atoms with Crippen LogP contribution in [0.1, 0.15) is 32.1 Å². The number of nitrogens with zero attached hydrogens (tertiary/aromatic N) is 2. The molecule has 1 aliphatic carbocycles. The van der Waals surface area contributed by atoms with Crippen LogP contribution < -0.4 is 11.2 Å². The van der Waals surface area contributed by atoms with Crippen LogP contribution in [0.25, 0.3) is 11.3 Å². The molecular weight excluding hydrogens is 312 g/mol. The Hall–Kier alpha value is -2.28. The highest BCUT2D eigenvalue weighted by Gasteiger charge is 2.24. The van der Waals surface area contributed by atoms with Crippen LogP contribution in [0.4, 0.5) is 9.93 Å². The van der Waals surface area contributed by atoms with Gasteiger partial charge in [-0.15, -0.1) is 11.3 Å². The minimum atomic E-state index is -0.481. The van der Waals surface area contributed by atoms with E-state index in [4.69, 9.17) is 5.73 Å². The molecule has 0 bridgehead atoms. The first-order chi connectivity index (χ1) is 11.1. The average molecular weight is 332 g/mol. The molecule has 1 saturated carbocycles. The topological polar surface area (TPSA) is 91.5 Å². The van der Waals surface area contributed by atoms with Gasteiger partial charge in [0, 0.05) is 10.9 Å². The number of hydrazine groups is 1. The quantitative estimate of drug-likeness (QED) is 0.747. The molecule has 23 heavy (non-hydrogen) atoms. The number of aromatic nitrogens is 1. The Morgan fingerprint density at radius 2 is 2.13 bits per heavy atom. The summed E-state index contributed by atoms with van der Waals surface area (Å²) in [6.45, 7) is 0. The summed E-state index contributed by atoms with van der Waals surface area (Å²) in [7, 11) is 0. The first kappa shape index (κ1) is 15.6. The molecule has 1 aromatic heterocycles. The Morgan fingerprint density at radius 1 is 1.35 bits per heavy atom. The lowest BCUT2D eigenvalue weighted by Crippen LogP contribution is -2.48. The van der Waals surface area contributed by atoms with Gasteiger partial charge in [-0.2, -0.15) is 0 Å². The van der Waals surface area contributed by atoms with Gasteiger partial charge in [0.2, 0.25) is 5.13 Å². The van der Waals surface area contributed by atoms with E-state index in [2.05, 4.69) is 10.4 Å². The Bertz CT molecular complexity index is 682. The molecular formula is C16H20N4O2S. The number of hydrogen-bond acceptors (Lipinski definition) is 5. The number of rotatable bonds is 4. The van der Waals surface area contributed by atoms with Crippen molar-refractivity contribution in [2.75, 3.05) is 5.43 Å². The monoisotopic (exact) mass is 332 g/mol. The molecule has 1 aromatic carbocycles. The van der Waals surface area contributed by atoms with Gasteiger partial charge < -0.3 is 10.8 Å². The van der Waals surface area contributed by atoms with E-state index in [1.807, 2.05) is 11.4 Å². The lowest BCUT2D eigenvalue weighted by molar-refractivity contribution is 0.181. The number of carbonyl (C=O) groups excluding carboxylic acids is 1. The third-order valence-corrected chi connectivity index (χ3v) is 4.79. The van der Waals surface area contributed by atoms with Gasteiger partial charge in [0.05, 0.1) is 11.7 Å². The van der Waals surface area contributed by atoms with E-state index >= 15 is 0 Å². The Morgan fingerprint density at radius 3 is 2.83 bits per heavy atom. The summed E-state index contributed by atoms with van der Waals surface area (Å²) in [6.07, 6.45) is 5.36. The van der Waals surface area contributed by atoms with Crippen LogP contribution >= 0.6 is 11.3 Å². The molecule has 0 atom stereocenters. The fourth-order valence-electron chi connectivity index (χ4n) is 2.89. The normalized spacial score (nSPS) is 15.3. The molecule has 1 aliphatic rings. The van der Waals surface area contributed by atoms with Crippen molar-refractivity contribution >= 4 is 22.5 Å². The molecule has 3 rings (SSSR count). The zero-order chi connectivity index (χ0) is 16.2. The summed E-state index contributed by atoms with van der Waals surface area (Å²) < 4.78 is 0. The largest absolute Gasteiger partial charge is 0.508 e.